The maximum Gasteiger partial charge on any atom is 0.122 e. The van der Waals surface area contributed by atoms with Crippen LogP contribution in [0.2, 0.25) is 0 Å². The topological polar surface area (TPSA) is 30.7 Å². The van der Waals surface area contributed by atoms with Crippen LogP contribution in [0.3, 0.4) is 0 Å². The van der Waals surface area contributed by atoms with E-state index in [4.69, 9.17) is 0 Å². The average molecular weight is 319 g/mol. The first-order valence-electron chi connectivity index (χ1n) is 8.14. The maximum atomic E-state index is 4.52. The first-order chi connectivity index (χ1) is 12.4. The summed E-state index contributed by atoms with van der Waals surface area (Å²) >= 11 is 0. The molecule has 0 aliphatic heterocycles. The van der Waals surface area contributed by atoms with Crippen LogP contribution in [0.5, 0.6) is 0 Å². The standard InChI is InChI=1S/C22H13N3/c1-2-10-18(11-3-1)25-22-20-13-7-5-9-17(20)15-14-16-8-4-6-12-19(16)21(22)23-24-25/h1-13H. The van der Waals surface area contributed by atoms with Gasteiger partial charge in [0.1, 0.15) is 11.4 Å². The zero-order valence-electron chi connectivity index (χ0n) is 13.3. The van der Waals surface area contributed by atoms with Crippen LogP contribution < -0.4 is 0 Å². The number of rotatable bonds is 1. The monoisotopic (exact) mass is 319 g/mol. The van der Waals surface area contributed by atoms with Gasteiger partial charge in [0.25, 0.3) is 0 Å². The van der Waals surface area contributed by atoms with E-state index >= 15 is 0 Å². The van der Waals surface area contributed by atoms with Gasteiger partial charge in [-0.2, -0.15) is 0 Å². The molecule has 0 bridgehead atoms. The molecule has 0 radical (unpaired) electrons. The molecular weight excluding hydrogens is 306 g/mol. The Kier molecular flexibility index (Phi) is 3.01. The zero-order chi connectivity index (χ0) is 16.6. The summed E-state index contributed by atoms with van der Waals surface area (Å²) in [5.74, 6) is 6.60. The van der Waals surface area contributed by atoms with E-state index in [1.54, 1.807) is 0 Å². The third kappa shape index (κ3) is 2.16. The Balaban J connectivity index is 1.90. The smallest absolute Gasteiger partial charge is 0.122 e. The molecule has 3 heteroatoms. The number of aromatic nitrogens is 3. The van der Waals surface area contributed by atoms with E-state index in [1.807, 2.05) is 71.4 Å². The van der Waals surface area contributed by atoms with E-state index in [0.29, 0.717) is 0 Å². The minimum atomic E-state index is 0.862. The largest absolute Gasteiger partial charge is 0.212 e. The molecule has 3 aromatic carbocycles. The van der Waals surface area contributed by atoms with Crippen LogP contribution in [0.4, 0.5) is 0 Å². The van der Waals surface area contributed by atoms with Crippen molar-refractivity contribution in [1.82, 2.24) is 15.0 Å². The van der Waals surface area contributed by atoms with Crippen molar-refractivity contribution in [2.24, 2.45) is 0 Å². The van der Waals surface area contributed by atoms with Gasteiger partial charge < -0.3 is 0 Å². The van der Waals surface area contributed by atoms with Crippen molar-refractivity contribution in [3.63, 3.8) is 0 Å². The first-order valence-corrected chi connectivity index (χ1v) is 8.14. The van der Waals surface area contributed by atoms with Crippen molar-refractivity contribution in [3.05, 3.63) is 90.0 Å². The molecule has 0 amide bonds. The van der Waals surface area contributed by atoms with Crippen LogP contribution in [0.25, 0.3) is 28.2 Å². The Hall–Kier alpha value is -3.64. The van der Waals surface area contributed by atoms with Gasteiger partial charge in [-0.15, -0.1) is 5.10 Å². The fourth-order valence-electron chi connectivity index (χ4n) is 3.19. The molecule has 1 aliphatic rings. The summed E-state index contributed by atoms with van der Waals surface area (Å²) in [6.45, 7) is 0. The van der Waals surface area contributed by atoms with E-state index < -0.39 is 0 Å². The third-order valence-corrected chi connectivity index (χ3v) is 4.37. The molecule has 1 aromatic heterocycles. The normalized spacial score (nSPS) is 11.2. The summed E-state index contributed by atoms with van der Waals surface area (Å²) in [6, 6.07) is 26.3. The lowest BCUT2D eigenvalue weighted by Crippen LogP contribution is -2.01. The fourth-order valence-corrected chi connectivity index (χ4v) is 3.19. The lowest BCUT2D eigenvalue weighted by atomic mass is 9.95. The Bertz CT molecular complexity index is 1140. The highest BCUT2D eigenvalue weighted by Crippen LogP contribution is 2.36. The highest BCUT2D eigenvalue weighted by molar-refractivity contribution is 5.86. The van der Waals surface area contributed by atoms with Gasteiger partial charge in [0.15, 0.2) is 0 Å². The maximum absolute atomic E-state index is 4.52. The van der Waals surface area contributed by atoms with Gasteiger partial charge in [-0.25, -0.2) is 4.68 Å². The molecule has 1 aliphatic carbocycles. The molecule has 0 saturated heterocycles. The molecule has 0 N–H and O–H groups in total. The Morgan fingerprint density at radius 1 is 0.640 bits per heavy atom. The van der Waals surface area contributed by atoms with Gasteiger partial charge in [-0.3, -0.25) is 0 Å². The number of fused-ring (bicyclic) bond motifs is 5. The number of hydrogen-bond acceptors (Lipinski definition) is 2. The van der Waals surface area contributed by atoms with Crippen LogP contribution in [0, 0.1) is 11.8 Å². The molecule has 5 rings (SSSR count). The summed E-state index contributed by atoms with van der Waals surface area (Å²) in [6.07, 6.45) is 0. The van der Waals surface area contributed by atoms with Crippen molar-refractivity contribution >= 4 is 0 Å². The highest BCUT2D eigenvalue weighted by Gasteiger charge is 2.22. The Morgan fingerprint density at radius 3 is 2.00 bits per heavy atom. The number of hydrogen-bond donors (Lipinski definition) is 0. The highest BCUT2D eigenvalue weighted by atomic mass is 15.4. The molecule has 0 unspecified atom stereocenters. The Morgan fingerprint density at radius 2 is 1.24 bits per heavy atom. The van der Waals surface area contributed by atoms with E-state index in [-0.39, 0.29) is 0 Å². The molecule has 0 spiro atoms. The zero-order valence-corrected chi connectivity index (χ0v) is 13.3. The fraction of sp³-hybridized carbons (Fsp3) is 0. The molecular formula is C22H13N3. The van der Waals surface area contributed by atoms with Crippen molar-refractivity contribution < 1.29 is 0 Å². The molecule has 116 valence electrons. The average Bonchev–Trinajstić information content (AvgIpc) is 3.10. The quantitative estimate of drug-likeness (QED) is 0.431. The number of nitrogens with zero attached hydrogens (tertiary/aromatic N) is 3. The second kappa shape index (κ2) is 5.47. The van der Waals surface area contributed by atoms with Crippen molar-refractivity contribution in [3.8, 4) is 40.0 Å². The van der Waals surface area contributed by atoms with Gasteiger partial charge in [0.2, 0.25) is 0 Å². The summed E-state index contributed by atoms with van der Waals surface area (Å²) in [5, 5.41) is 8.98. The summed E-state index contributed by atoms with van der Waals surface area (Å²) in [7, 11) is 0. The summed E-state index contributed by atoms with van der Waals surface area (Å²) < 4.78 is 1.90. The minimum Gasteiger partial charge on any atom is -0.212 e. The molecule has 25 heavy (non-hydrogen) atoms. The van der Waals surface area contributed by atoms with E-state index in [9.17, 15) is 0 Å². The van der Waals surface area contributed by atoms with Gasteiger partial charge in [0, 0.05) is 22.3 Å². The van der Waals surface area contributed by atoms with E-state index in [1.165, 1.54) is 0 Å². The van der Waals surface area contributed by atoms with E-state index in [0.717, 1.165) is 39.3 Å². The minimum absolute atomic E-state index is 0.862. The second-order valence-electron chi connectivity index (χ2n) is 5.88. The molecule has 0 saturated carbocycles. The van der Waals surface area contributed by atoms with Gasteiger partial charge in [-0.1, -0.05) is 71.7 Å². The van der Waals surface area contributed by atoms with Crippen molar-refractivity contribution in [2.75, 3.05) is 0 Å². The van der Waals surface area contributed by atoms with Gasteiger partial charge in [0.05, 0.1) is 5.69 Å². The second-order valence-corrected chi connectivity index (χ2v) is 5.88. The van der Waals surface area contributed by atoms with Gasteiger partial charge in [-0.05, 0) is 24.3 Å². The molecule has 0 fully saturated rings. The predicted molar refractivity (Wildman–Crippen MR) is 98.2 cm³/mol. The number of para-hydroxylation sites is 1. The van der Waals surface area contributed by atoms with Gasteiger partial charge >= 0.3 is 0 Å². The lowest BCUT2D eigenvalue weighted by Gasteiger charge is -2.13. The van der Waals surface area contributed by atoms with Crippen LogP contribution in [-0.4, -0.2) is 15.0 Å². The molecule has 0 atom stereocenters. The molecule has 1 heterocycles. The van der Waals surface area contributed by atoms with Crippen LogP contribution in [-0.2, 0) is 0 Å². The summed E-state index contributed by atoms with van der Waals surface area (Å²) in [4.78, 5) is 0. The van der Waals surface area contributed by atoms with Crippen LogP contribution in [0.1, 0.15) is 11.1 Å². The van der Waals surface area contributed by atoms with E-state index in [2.05, 4.69) is 34.3 Å². The van der Waals surface area contributed by atoms with Crippen molar-refractivity contribution in [2.45, 2.75) is 0 Å². The molecule has 3 nitrogen and oxygen atoms in total. The Labute approximate surface area is 145 Å². The van der Waals surface area contributed by atoms with Crippen LogP contribution >= 0.6 is 0 Å². The third-order valence-electron chi connectivity index (χ3n) is 4.37. The van der Waals surface area contributed by atoms with Crippen LogP contribution in [0.15, 0.2) is 78.9 Å². The SMILES string of the molecule is C1#Cc2ccccc2-c2c(nnn2-c2ccccc2)-c2ccccc21. The first kappa shape index (κ1) is 13.8. The summed E-state index contributed by atoms with van der Waals surface area (Å²) in [5.41, 5.74) is 6.84. The van der Waals surface area contributed by atoms with Crippen molar-refractivity contribution in [1.29, 1.82) is 0 Å². The number of benzene rings is 3. The predicted octanol–water partition coefficient (Wildman–Crippen LogP) is 4.31. The lowest BCUT2D eigenvalue weighted by molar-refractivity contribution is 0.808. The molecule has 4 aromatic rings.